The maximum Gasteiger partial charge on any atom is 0.225 e. The van der Waals surface area contributed by atoms with Gasteiger partial charge in [-0.25, -0.2) is 4.98 Å². The normalized spacial score (nSPS) is 10.7. The van der Waals surface area contributed by atoms with Gasteiger partial charge in [-0.3, -0.25) is 9.89 Å². The van der Waals surface area contributed by atoms with E-state index in [4.69, 9.17) is 0 Å². The molecule has 0 aliphatic rings. The highest BCUT2D eigenvalue weighted by molar-refractivity contribution is 5.99. The van der Waals surface area contributed by atoms with E-state index < -0.39 is 0 Å². The number of hydrogen-bond donors (Lipinski definition) is 2. The lowest BCUT2D eigenvalue weighted by Crippen LogP contribution is -2.09. The second kappa shape index (κ2) is 5.13. The molecule has 0 saturated heterocycles. The number of aromatic nitrogens is 3. The van der Waals surface area contributed by atoms with Crippen molar-refractivity contribution in [2.75, 3.05) is 5.32 Å². The molecule has 0 aliphatic heterocycles. The van der Waals surface area contributed by atoms with Crippen LogP contribution in [0.1, 0.15) is 13.3 Å². The van der Waals surface area contributed by atoms with Crippen molar-refractivity contribution in [1.82, 2.24) is 15.2 Å². The fourth-order valence-electron chi connectivity index (χ4n) is 2.01. The van der Waals surface area contributed by atoms with Gasteiger partial charge in [-0.15, -0.1) is 0 Å². The molecule has 0 atom stereocenters. The van der Waals surface area contributed by atoms with E-state index in [1.54, 1.807) is 6.20 Å². The molecule has 5 heteroatoms. The summed E-state index contributed by atoms with van der Waals surface area (Å²) in [7, 11) is 0. The van der Waals surface area contributed by atoms with Crippen molar-refractivity contribution in [3.05, 3.63) is 42.6 Å². The van der Waals surface area contributed by atoms with Gasteiger partial charge >= 0.3 is 0 Å². The maximum atomic E-state index is 11.5. The second-order valence-electron chi connectivity index (χ2n) is 4.46. The summed E-state index contributed by atoms with van der Waals surface area (Å²) in [6.07, 6.45) is 2.20. The van der Waals surface area contributed by atoms with Gasteiger partial charge in [0.15, 0.2) is 5.65 Å². The summed E-state index contributed by atoms with van der Waals surface area (Å²) in [5.74, 6) is 0.540. The number of rotatable bonds is 3. The average Bonchev–Trinajstić information content (AvgIpc) is 2.90. The summed E-state index contributed by atoms with van der Waals surface area (Å²) >= 11 is 0. The molecule has 0 saturated carbocycles. The minimum Gasteiger partial charge on any atom is -0.311 e. The third kappa shape index (κ3) is 2.25. The van der Waals surface area contributed by atoms with E-state index in [1.165, 1.54) is 0 Å². The first-order valence-electron chi connectivity index (χ1n) is 6.47. The molecule has 2 aromatic heterocycles. The van der Waals surface area contributed by atoms with Crippen LogP contribution < -0.4 is 5.32 Å². The molecule has 0 fully saturated rings. The van der Waals surface area contributed by atoms with Crippen LogP contribution in [0.2, 0.25) is 0 Å². The highest BCUT2D eigenvalue weighted by Crippen LogP contribution is 2.25. The van der Waals surface area contributed by atoms with Crippen LogP contribution in [0, 0.1) is 0 Å². The molecule has 0 radical (unpaired) electrons. The molecule has 1 aromatic carbocycles. The minimum atomic E-state index is -0.0549. The predicted molar refractivity (Wildman–Crippen MR) is 78.2 cm³/mol. The highest BCUT2D eigenvalue weighted by atomic mass is 16.1. The Morgan fingerprint density at radius 1 is 1.25 bits per heavy atom. The molecule has 100 valence electrons. The molecule has 1 amide bonds. The van der Waals surface area contributed by atoms with E-state index in [0.717, 1.165) is 16.5 Å². The fourth-order valence-corrected chi connectivity index (χ4v) is 2.01. The first-order chi connectivity index (χ1) is 9.78. The van der Waals surface area contributed by atoms with Crippen LogP contribution in [-0.4, -0.2) is 21.1 Å². The molecular formula is C15H14N4O. The maximum absolute atomic E-state index is 11.5. The van der Waals surface area contributed by atoms with Crippen molar-refractivity contribution in [2.24, 2.45) is 0 Å². The molecule has 2 N–H and O–H groups in total. The van der Waals surface area contributed by atoms with Crippen molar-refractivity contribution in [2.45, 2.75) is 13.3 Å². The van der Waals surface area contributed by atoms with Crippen molar-refractivity contribution in [3.8, 4) is 11.1 Å². The lowest BCUT2D eigenvalue weighted by molar-refractivity contribution is -0.115. The molecule has 2 heterocycles. The first-order valence-corrected chi connectivity index (χ1v) is 6.47. The first kappa shape index (κ1) is 12.3. The van der Waals surface area contributed by atoms with Crippen LogP contribution >= 0.6 is 0 Å². The third-order valence-electron chi connectivity index (χ3n) is 3.10. The molecular weight excluding hydrogens is 252 g/mol. The zero-order valence-electron chi connectivity index (χ0n) is 11.1. The Kier molecular flexibility index (Phi) is 3.16. The molecule has 3 aromatic rings. The molecule has 20 heavy (non-hydrogen) atoms. The molecule has 5 nitrogen and oxygen atoms in total. The number of amides is 1. The Bertz CT molecular complexity index is 749. The summed E-state index contributed by atoms with van der Waals surface area (Å²) in [6, 6.07) is 12.0. The van der Waals surface area contributed by atoms with Gasteiger partial charge in [0.25, 0.3) is 0 Å². The van der Waals surface area contributed by atoms with Gasteiger partial charge in [-0.2, -0.15) is 5.10 Å². The average molecular weight is 266 g/mol. The molecule has 0 unspecified atom stereocenters. The number of pyridine rings is 1. The SMILES string of the molecule is CCC(=O)Nc1[nH]nc2ncc(-c3ccccc3)cc12. The van der Waals surface area contributed by atoms with Crippen LogP contribution in [0.5, 0.6) is 0 Å². The van der Waals surface area contributed by atoms with E-state index in [-0.39, 0.29) is 5.91 Å². The Balaban J connectivity index is 2.05. The monoisotopic (exact) mass is 266 g/mol. The Morgan fingerprint density at radius 2 is 2.05 bits per heavy atom. The number of nitrogens with one attached hydrogen (secondary N) is 2. The largest absolute Gasteiger partial charge is 0.311 e. The number of anilines is 1. The van der Waals surface area contributed by atoms with E-state index in [2.05, 4.69) is 20.5 Å². The quantitative estimate of drug-likeness (QED) is 0.765. The van der Waals surface area contributed by atoms with Gasteiger partial charge in [-0.05, 0) is 11.6 Å². The van der Waals surface area contributed by atoms with Gasteiger partial charge in [-0.1, -0.05) is 37.3 Å². The molecule has 0 spiro atoms. The van der Waals surface area contributed by atoms with Crippen LogP contribution in [-0.2, 0) is 4.79 Å². The zero-order valence-corrected chi connectivity index (χ0v) is 11.1. The summed E-state index contributed by atoms with van der Waals surface area (Å²) < 4.78 is 0. The standard InChI is InChI=1S/C15H14N4O/c1-2-13(20)17-15-12-8-11(9-16-14(12)18-19-15)10-6-4-3-5-7-10/h3-9H,2H2,1H3,(H2,16,17,18,19,20). The van der Waals surface area contributed by atoms with Crippen molar-refractivity contribution in [3.63, 3.8) is 0 Å². The molecule has 3 rings (SSSR count). The summed E-state index contributed by atoms with van der Waals surface area (Å²) in [6.45, 7) is 1.81. The van der Waals surface area contributed by atoms with Crippen molar-refractivity contribution in [1.29, 1.82) is 0 Å². The third-order valence-corrected chi connectivity index (χ3v) is 3.10. The van der Waals surface area contributed by atoms with E-state index >= 15 is 0 Å². The van der Waals surface area contributed by atoms with Crippen LogP contribution in [0.3, 0.4) is 0 Å². The highest BCUT2D eigenvalue weighted by Gasteiger charge is 2.10. The number of fused-ring (bicyclic) bond motifs is 1. The number of benzene rings is 1. The zero-order chi connectivity index (χ0) is 13.9. The number of nitrogens with zero attached hydrogens (tertiary/aromatic N) is 2. The fraction of sp³-hybridized carbons (Fsp3) is 0.133. The predicted octanol–water partition coefficient (Wildman–Crippen LogP) is 2.97. The van der Waals surface area contributed by atoms with E-state index in [0.29, 0.717) is 17.9 Å². The smallest absolute Gasteiger partial charge is 0.225 e. The van der Waals surface area contributed by atoms with Gasteiger partial charge in [0.2, 0.25) is 5.91 Å². The lowest BCUT2D eigenvalue weighted by atomic mass is 10.1. The van der Waals surface area contributed by atoms with Gasteiger partial charge < -0.3 is 5.32 Å². The van der Waals surface area contributed by atoms with Gasteiger partial charge in [0.1, 0.15) is 5.82 Å². The minimum absolute atomic E-state index is 0.0549. The topological polar surface area (TPSA) is 70.7 Å². The van der Waals surface area contributed by atoms with E-state index in [1.807, 2.05) is 43.3 Å². The number of carbonyl (C=O) groups excluding carboxylic acids is 1. The summed E-state index contributed by atoms with van der Waals surface area (Å²) in [4.78, 5) is 15.8. The Morgan fingerprint density at radius 3 is 2.80 bits per heavy atom. The van der Waals surface area contributed by atoms with Crippen LogP contribution in [0.15, 0.2) is 42.6 Å². The second-order valence-corrected chi connectivity index (χ2v) is 4.46. The number of aromatic amines is 1. The number of carbonyl (C=O) groups is 1. The molecule has 0 bridgehead atoms. The Labute approximate surface area is 116 Å². The van der Waals surface area contributed by atoms with Crippen molar-refractivity contribution >= 4 is 22.8 Å². The van der Waals surface area contributed by atoms with Crippen LogP contribution in [0.25, 0.3) is 22.2 Å². The molecule has 0 aliphatic carbocycles. The Hall–Kier alpha value is -2.69. The number of H-pyrrole nitrogens is 1. The van der Waals surface area contributed by atoms with Crippen LogP contribution in [0.4, 0.5) is 5.82 Å². The van der Waals surface area contributed by atoms with E-state index in [9.17, 15) is 4.79 Å². The van der Waals surface area contributed by atoms with Gasteiger partial charge in [0, 0.05) is 18.2 Å². The number of hydrogen-bond acceptors (Lipinski definition) is 3. The van der Waals surface area contributed by atoms with Gasteiger partial charge in [0.05, 0.1) is 5.39 Å². The van der Waals surface area contributed by atoms with Crippen molar-refractivity contribution < 1.29 is 4.79 Å². The summed E-state index contributed by atoms with van der Waals surface area (Å²) in [5.41, 5.74) is 2.67. The lowest BCUT2D eigenvalue weighted by Gasteiger charge is -2.03. The summed E-state index contributed by atoms with van der Waals surface area (Å²) in [5, 5.41) is 10.5.